The molecule has 0 unspecified atom stereocenters. The number of oxime groups is 1. The van der Waals surface area contributed by atoms with Crippen LogP contribution in [0.4, 0.5) is 5.69 Å². The summed E-state index contributed by atoms with van der Waals surface area (Å²) >= 11 is 9.09. The van der Waals surface area contributed by atoms with Gasteiger partial charge in [0, 0.05) is 10.2 Å². The molecule has 0 bridgehead atoms. The van der Waals surface area contributed by atoms with Crippen LogP contribution < -0.4 is 11.1 Å². The number of benzene rings is 1. The van der Waals surface area contributed by atoms with Gasteiger partial charge in [0.05, 0.1) is 11.6 Å². The Kier molecular flexibility index (Phi) is 4.03. The molecule has 0 spiro atoms. The van der Waals surface area contributed by atoms with E-state index in [9.17, 15) is 0 Å². The van der Waals surface area contributed by atoms with Crippen LogP contribution in [-0.4, -0.2) is 17.6 Å². The summed E-state index contributed by atoms with van der Waals surface area (Å²) in [6.45, 7) is 0.282. The summed E-state index contributed by atoms with van der Waals surface area (Å²) in [7, 11) is 0. The SMILES string of the molecule is NC(CNc1ccc(Cl)c(Br)c1)=NO. The third kappa shape index (κ3) is 3.08. The van der Waals surface area contributed by atoms with Gasteiger partial charge in [-0.05, 0) is 34.1 Å². The summed E-state index contributed by atoms with van der Waals surface area (Å²) in [5, 5.41) is 14.7. The van der Waals surface area contributed by atoms with Crippen molar-refractivity contribution in [2.24, 2.45) is 10.9 Å². The average molecular weight is 279 g/mol. The zero-order valence-corrected chi connectivity index (χ0v) is 9.51. The normalized spacial score (nSPS) is 11.4. The summed E-state index contributed by atoms with van der Waals surface area (Å²) in [6, 6.07) is 5.37. The van der Waals surface area contributed by atoms with E-state index in [0.29, 0.717) is 5.02 Å². The van der Waals surface area contributed by atoms with Crippen LogP contribution in [0, 0.1) is 0 Å². The van der Waals surface area contributed by atoms with Gasteiger partial charge < -0.3 is 16.3 Å². The van der Waals surface area contributed by atoms with E-state index in [-0.39, 0.29) is 12.4 Å². The highest BCUT2D eigenvalue weighted by Crippen LogP contribution is 2.25. The molecule has 0 aliphatic heterocycles. The van der Waals surface area contributed by atoms with Gasteiger partial charge in [-0.25, -0.2) is 0 Å². The predicted molar refractivity (Wildman–Crippen MR) is 61.1 cm³/mol. The van der Waals surface area contributed by atoms with E-state index in [0.717, 1.165) is 10.2 Å². The molecular weight excluding hydrogens is 269 g/mol. The molecule has 0 aliphatic carbocycles. The highest BCUT2D eigenvalue weighted by Gasteiger charge is 1.99. The molecule has 76 valence electrons. The molecule has 0 amide bonds. The number of hydrogen-bond acceptors (Lipinski definition) is 3. The Morgan fingerprint density at radius 2 is 2.36 bits per heavy atom. The number of rotatable bonds is 3. The molecule has 0 saturated carbocycles. The molecule has 1 aromatic carbocycles. The third-order valence-corrected chi connectivity index (χ3v) is 2.74. The second kappa shape index (κ2) is 5.07. The Hall–Kier alpha value is -0.940. The molecular formula is C8H9BrClN3O. The molecule has 0 heterocycles. The largest absolute Gasteiger partial charge is 0.409 e. The van der Waals surface area contributed by atoms with Crippen LogP contribution in [0.1, 0.15) is 0 Å². The Morgan fingerprint density at radius 3 is 2.93 bits per heavy atom. The van der Waals surface area contributed by atoms with Crippen LogP contribution >= 0.6 is 27.5 Å². The smallest absolute Gasteiger partial charge is 0.158 e. The summed E-state index contributed by atoms with van der Waals surface area (Å²) < 4.78 is 0.795. The van der Waals surface area contributed by atoms with E-state index in [4.69, 9.17) is 22.5 Å². The Balaban J connectivity index is 2.64. The lowest BCUT2D eigenvalue weighted by atomic mass is 10.3. The minimum absolute atomic E-state index is 0.121. The average Bonchev–Trinajstić information content (AvgIpc) is 2.19. The lowest BCUT2D eigenvalue weighted by Gasteiger charge is -2.05. The number of nitrogens with one attached hydrogen (secondary N) is 1. The lowest BCUT2D eigenvalue weighted by Crippen LogP contribution is -2.22. The van der Waals surface area contributed by atoms with Crippen LogP contribution in [-0.2, 0) is 0 Å². The molecule has 0 saturated heterocycles. The molecule has 0 fully saturated rings. The fraction of sp³-hybridized carbons (Fsp3) is 0.125. The summed E-state index contributed by atoms with van der Waals surface area (Å²) in [4.78, 5) is 0. The first-order valence-electron chi connectivity index (χ1n) is 3.79. The Morgan fingerprint density at radius 1 is 1.64 bits per heavy atom. The highest BCUT2D eigenvalue weighted by atomic mass is 79.9. The van der Waals surface area contributed by atoms with Crippen molar-refractivity contribution in [3.63, 3.8) is 0 Å². The van der Waals surface area contributed by atoms with Crippen molar-refractivity contribution in [3.8, 4) is 0 Å². The van der Waals surface area contributed by atoms with Crippen molar-refractivity contribution in [3.05, 3.63) is 27.7 Å². The number of hydrogen-bond donors (Lipinski definition) is 3. The fourth-order valence-electron chi connectivity index (χ4n) is 0.834. The van der Waals surface area contributed by atoms with Crippen molar-refractivity contribution in [2.45, 2.75) is 0 Å². The van der Waals surface area contributed by atoms with Gasteiger partial charge in [0.1, 0.15) is 0 Å². The number of anilines is 1. The maximum Gasteiger partial charge on any atom is 0.158 e. The number of amidine groups is 1. The van der Waals surface area contributed by atoms with Crippen LogP contribution in [0.15, 0.2) is 27.8 Å². The number of nitrogens with two attached hydrogens (primary N) is 1. The van der Waals surface area contributed by atoms with Gasteiger partial charge in [0.25, 0.3) is 0 Å². The van der Waals surface area contributed by atoms with E-state index >= 15 is 0 Å². The molecule has 14 heavy (non-hydrogen) atoms. The maximum atomic E-state index is 8.30. The molecule has 0 atom stereocenters. The first-order chi connectivity index (χ1) is 6.63. The van der Waals surface area contributed by atoms with Crippen LogP contribution in [0.25, 0.3) is 0 Å². The molecule has 1 rings (SSSR count). The second-order valence-corrected chi connectivity index (χ2v) is 3.84. The maximum absolute atomic E-state index is 8.30. The molecule has 6 heteroatoms. The third-order valence-electron chi connectivity index (χ3n) is 1.52. The van der Waals surface area contributed by atoms with Gasteiger partial charge in [0.15, 0.2) is 5.84 Å². The summed E-state index contributed by atoms with van der Waals surface area (Å²) in [6.07, 6.45) is 0. The molecule has 1 aromatic rings. The minimum atomic E-state index is 0.121. The van der Waals surface area contributed by atoms with Crippen LogP contribution in [0.5, 0.6) is 0 Å². The summed E-state index contributed by atoms with van der Waals surface area (Å²) in [5.41, 5.74) is 6.13. The predicted octanol–water partition coefficient (Wildman–Crippen LogP) is 2.26. The van der Waals surface area contributed by atoms with Gasteiger partial charge in [-0.1, -0.05) is 16.8 Å². The van der Waals surface area contributed by atoms with Gasteiger partial charge in [-0.3, -0.25) is 0 Å². The monoisotopic (exact) mass is 277 g/mol. The first-order valence-corrected chi connectivity index (χ1v) is 4.96. The van der Waals surface area contributed by atoms with Crippen LogP contribution in [0.3, 0.4) is 0 Å². The molecule has 0 aliphatic rings. The second-order valence-electron chi connectivity index (χ2n) is 2.57. The minimum Gasteiger partial charge on any atom is -0.409 e. The quantitative estimate of drug-likeness (QED) is 0.344. The lowest BCUT2D eigenvalue weighted by molar-refractivity contribution is 0.317. The van der Waals surface area contributed by atoms with Crippen LogP contribution in [0.2, 0.25) is 5.02 Å². The standard InChI is InChI=1S/C8H9BrClN3O/c9-6-3-5(1-2-7(6)10)12-4-8(11)13-14/h1-3,12,14H,4H2,(H2,11,13). The van der Waals surface area contributed by atoms with Gasteiger partial charge in [-0.2, -0.15) is 0 Å². The highest BCUT2D eigenvalue weighted by molar-refractivity contribution is 9.10. The van der Waals surface area contributed by atoms with Crippen molar-refractivity contribution in [2.75, 3.05) is 11.9 Å². The van der Waals surface area contributed by atoms with E-state index in [1.54, 1.807) is 12.1 Å². The van der Waals surface area contributed by atoms with E-state index in [1.165, 1.54) is 0 Å². The zero-order valence-electron chi connectivity index (χ0n) is 7.17. The van der Waals surface area contributed by atoms with Gasteiger partial charge >= 0.3 is 0 Å². The van der Waals surface area contributed by atoms with E-state index in [2.05, 4.69) is 26.4 Å². The van der Waals surface area contributed by atoms with Crippen molar-refractivity contribution in [1.82, 2.24) is 0 Å². The molecule has 4 N–H and O–H groups in total. The zero-order chi connectivity index (χ0) is 10.6. The Labute approximate surface area is 94.9 Å². The number of nitrogens with zero attached hydrogens (tertiary/aromatic N) is 1. The van der Waals surface area contributed by atoms with E-state index < -0.39 is 0 Å². The topological polar surface area (TPSA) is 70.6 Å². The molecule has 0 aromatic heterocycles. The van der Waals surface area contributed by atoms with E-state index in [1.807, 2.05) is 6.07 Å². The number of halogens is 2. The van der Waals surface area contributed by atoms with Gasteiger partial charge in [-0.15, -0.1) is 0 Å². The first kappa shape index (κ1) is 11.1. The van der Waals surface area contributed by atoms with Crippen molar-refractivity contribution >= 4 is 39.1 Å². The molecule has 4 nitrogen and oxygen atoms in total. The van der Waals surface area contributed by atoms with Gasteiger partial charge in [0.2, 0.25) is 0 Å². The van der Waals surface area contributed by atoms with Crippen molar-refractivity contribution < 1.29 is 5.21 Å². The molecule has 0 radical (unpaired) electrons. The summed E-state index contributed by atoms with van der Waals surface area (Å²) in [5.74, 6) is 0.121. The fourth-order valence-corrected chi connectivity index (χ4v) is 1.33. The van der Waals surface area contributed by atoms with Crippen molar-refractivity contribution in [1.29, 1.82) is 0 Å². The Bertz CT molecular complexity index is 356.